The van der Waals surface area contributed by atoms with E-state index in [1.54, 1.807) is 7.11 Å². The van der Waals surface area contributed by atoms with Gasteiger partial charge in [0.15, 0.2) is 5.84 Å². The van der Waals surface area contributed by atoms with Crippen molar-refractivity contribution in [3.63, 3.8) is 0 Å². The Labute approximate surface area is 114 Å². The molecule has 110 valence electrons. The van der Waals surface area contributed by atoms with Crippen LogP contribution >= 0.6 is 0 Å². The van der Waals surface area contributed by atoms with E-state index in [9.17, 15) is 4.79 Å². The van der Waals surface area contributed by atoms with Crippen LogP contribution in [0.25, 0.3) is 0 Å². The molecular weight excluding hydrogens is 246 g/mol. The van der Waals surface area contributed by atoms with Gasteiger partial charge >= 0.3 is 0 Å². The molecule has 0 radical (unpaired) electrons. The number of rotatable bonds is 5. The molecule has 1 saturated carbocycles. The quantitative estimate of drug-likeness (QED) is 0.304. The number of hydrogen-bond acceptors (Lipinski definition) is 4. The van der Waals surface area contributed by atoms with Crippen LogP contribution in [0.1, 0.15) is 51.4 Å². The summed E-state index contributed by atoms with van der Waals surface area (Å²) in [6.45, 7) is 0.373. The highest BCUT2D eigenvalue weighted by atomic mass is 16.5. The van der Waals surface area contributed by atoms with Gasteiger partial charge in [0.25, 0.3) is 0 Å². The Kier molecular flexibility index (Phi) is 6.62. The third kappa shape index (κ3) is 4.70. The molecular formula is C13H25N3O3. The molecule has 1 aliphatic carbocycles. The smallest absolute Gasteiger partial charge is 0.223 e. The first-order valence-electron chi connectivity index (χ1n) is 6.92. The Morgan fingerprint density at radius 3 is 2.42 bits per heavy atom. The molecule has 0 aromatic carbocycles. The van der Waals surface area contributed by atoms with Gasteiger partial charge in [0, 0.05) is 13.5 Å². The number of hydrogen-bond donors (Lipinski definition) is 3. The number of methoxy groups -OCH3 is 1. The first-order chi connectivity index (χ1) is 9.14. The van der Waals surface area contributed by atoms with Gasteiger partial charge in [-0.2, -0.15) is 0 Å². The van der Waals surface area contributed by atoms with Gasteiger partial charge in [-0.3, -0.25) is 4.79 Å². The molecule has 0 atom stereocenters. The minimum Gasteiger partial charge on any atom is -0.409 e. The molecule has 0 aromatic heterocycles. The van der Waals surface area contributed by atoms with E-state index in [2.05, 4.69) is 10.5 Å². The molecule has 0 saturated heterocycles. The van der Waals surface area contributed by atoms with Crippen LogP contribution in [0.4, 0.5) is 0 Å². The lowest BCUT2D eigenvalue weighted by molar-refractivity contribution is -0.123. The lowest BCUT2D eigenvalue weighted by Gasteiger charge is -2.35. The van der Waals surface area contributed by atoms with Crippen LogP contribution in [0.3, 0.4) is 0 Å². The number of amidine groups is 1. The molecule has 0 heterocycles. The molecule has 0 aliphatic heterocycles. The highest BCUT2D eigenvalue weighted by molar-refractivity contribution is 5.93. The van der Waals surface area contributed by atoms with Crippen molar-refractivity contribution in [1.29, 1.82) is 0 Å². The maximum atomic E-state index is 11.9. The lowest BCUT2D eigenvalue weighted by atomic mass is 9.82. The number of nitrogens with one attached hydrogen (secondary N) is 1. The van der Waals surface area contributed by atoms with Crippen LogP contribution in [0.2, 0.25) is 0 Å². The fourth-order valence-electron chi connectivity index (χ4n) is 2.57. The van der Waals surface area contributed by atoms with E-state index in [-0.39, 0.29) is 18.2 Å². The van der Waals surface area contributed by atoms with Crippen LogP contribution in [-0.4, -0.2) is 36.2 Å². The predicted molar refractivity (Wildman–Crippen MR) is 73.1 cm³/mol. The molecule has 4 N–H and O–H groups in total. The van der Waals surface area contributed by atoms with Gasteiger partial charge in [-0.05, 0) is 12.8 Å². The maximum Gasteiger partial charge on any atom is 0.223 e. The SMILES string of the molecule is COCCC(=O)NC1(C(N)=NO)CCCCCCC1. The number of nitrogens with zero attached hydrogens (tertiary/aromatic N) is 1. The average Bonchev–Trinajstić information content (AvgIpc) is 2.38. The van der Waals surface area contributed by atoms with E-state index in [0.29, 0.717) is 6.61 Å². The van der Waals surface area contributed by atoms with Crippen molar-refractivity contribution in [2.75, 3.05) is 13.7 Å². The van der Waals surface area contributed by atoms with E-state index in [4.69, 9.17) is 15.7 Å². The second-order valence-corrected chi connectivity index (χ2v) is 5.13. The summed E-state index contributed by atoms with van der Waals surface area (Å²) in [6, 6.07) is 0. The van der Waals surface area contributed by atoms with E-state index in [0.717, 1.165) is 38.5 Å². The third-order valence-corrected chi connectivity index (χ3v) is 3.72. The third-order valence-electron chi connectivity index (χ3n) is 3.72. The van der Waals surface area contributed by atoms with Crippen LogP contribution in [0.5, 0.6) is 0 Å². The summed E-state index contributed by atoms with van der Waals surface area (Å²) in [5.41, 5.74) is 5.14. The number of oxime groups is 1. The molecule has 1 amide bonds. The summed E-state index contributed by atoms with van der Waals surface area (Å²) >= 11 is 0. The molecule has 1 rings (SSSR count). The summed E-state index contributed by atoms with van der Waals surface area (Å²) in [5.74, 6) is -0.00538. The van der Waals surface area contributed by atoms with Crippen LogP contribution in [-0.2, 0) is 9.53 Å². The van der Waals surface area contributed by atoms with Crippen LogP contribution < -0.4 is 11.1 Å². The molecule has 6 nitrogen and oxygen atoms in total. The fraction of sp³-hybridized carbons (Fsp3) is 0.846. The van der Waals surface area contributed by atoms with Gasteiger partial charge in [-0.1, -0.05) is 37.3 Å². The second kappa shape index (κ2) is 7.99. The van der Waals surface area contributed by atoms with Crippen molar-refractivity contribution in [2.24, 2.45) is 10.9 Å². The topological polar surface area (TPSA) is 96.9 Å². The minimum absolute atomic E-state index is 0.111. The van der Waals surface area contributed by atoms with Crippen molar-refractivity contribution in [3.8, 4) is 0 Å². The minimum atomic E-state index is -0.694. The van der Waals surface area contributed by atoms with Crippen LogP contribution in [0, 0.1) is 0 Å². The van der Waals surface area contributed by atoms with Gasteiger partial charge in [0.1, 0.15) is 5.54 Å². The zero-order valence-corrected chi connectivity index (χ0v) is 11.7. The van der Waals surface area contributed by atoms with Crippen molar-refractivity contribution in [2.45, 2.75) is 56.9 Å². The van der Waals surface area contributed by atoms with E-state index in [1.165, 1.54) is 6.42 Å². The number of ether oxygens (including phenoxy) is 1. The molecule has 0 unspecified atom stereocenters. The van der Waals surface area contributed by atoms with Gasteiger partial charge in [0.05, 0.1) is 6.61 Å². The Balaban J connectivity index is 2.76. The van der Waals surface area contributed by atoms with Gasteiger partial charge < -0.3 is 21.0 Å². The number of carbonyl (C=O) groups excluding carboxylic acids is 1. The molecule has 0 aromatic rings. The largest absolute Gasteiger partial charge is 0.409 e. The first-order valence-corrected chi connectivity index (χ1v) is 6.92. The van der Waals surface area contributed by atoms with Crippen molar-refractivity contribution < 1.29 is 14.7 Å². The number of carbonyl (C=O) groups is 1. The Hall–Kier alpha value is -1.30. The Morgan fingerprint density at radius 1 is 1.32 bits per heavy atom. The predicted octanol–water partition coefficient (Wildman–Crippen LogP) is 1.37. The summed E-state index contributed by atoms with van der Waals surface area (Å²) in [6.07, 6.45) is 7.13. The number of nitrogens with two attached hydrogens (primary N) is 1. The van der Waals surface area contributed by atoms with E-state index in [1.807, 2.05) is 0 Å². The van der Waals surface area contributed by atoms with Crippen molar-refractivity contribution >= 4 is 11.7 Å². The normalized spacial score (nSPS) is 20.4. The zero-order chi connectivity index (χ0) is 14.1. The average molecular weight is 271 g/mol. The molecule has 19 heavy (non-hydrogen) atoms. The maximum absolute atomic E-state index is 11.9. The molecule has 6 heteroatoms. The highest BCUT2D eigenvalue weighted by Crippen LogP contribution is 2.26. The number of amides is 1. The Bertz CT molecular complexity index is 310. The summed E-state index contributed by atoms with van der Waals surface area (Å²) in [4.78, 5) is 11.9. The second-order valence-electron chi connectivity index (χ2n) is 5.13. The monoisotopic (exact) mass is 271 g/mol. The van der Waals surface area contributed by atoms with Gasteiger partial charge in [-0.15, -0.1) is 0 Å². The molecule has 1 fully saturated rings. The van der Waals surface area contributed by atoms with E-state index < -0.39 is 5.54 Å². The highest BCUT2D eigenvalue weighted by Gasteiger charge is 2.36. The van der Waals surface area contributed by atoms with Crippen molar-refractivity contribution in [1.82, 2.24) is 5.32 Å². The van der Waals surface area contributed by atoms with Crippen molar-refractivity contribution in [3.05, 3.63) is 0 Å². The Morgan fingerprint density at radius 2 is 1.89 bits per heavy atom. The fourth-order valence-corrected chi connectivity index (χ4v) is 2.57. The lowest BCUT2D eigenvalue weighted by Crippen LogP contribution is -2.58. The first kappa shape index (κ1) is 15.8. The zero-order valence-electron chi connectivity index (χ0n) is 11.7. The van der Waals surface area contributed by atoms with Gasteiger partial charge in [0.2, 0.25) is 5.91 Å². The summed E-state index contributed by atoms with van der Waals surface area (Å²) in [7, 11) is 1.56. The molecule has 1 aliphatic rings. The van der Waals surface area contributed by atoms with Gasteiger partial charge in [-0.25, -0.2) is 0 Å². The summed E-state index contributed by atoms with van der Waals surface area (Å²) < 4.78 is 4.89. The van der Waals surface area contributed by atoms with Crippen LogP contribution in [0.15, 0.2) is 5.16 Å². The molecule has 0 spiro atoms. The molecule has 0 bridgehead atoms. The summed E-state index contributed by atoms with van der Waals surface area (Å²) in [5, 5.41) is 15.1. The van der Waals surface area contributed by atoms with E-state index >= 15 is 0 Å². The standard InChI is InChI=1S/C13H25N3O3/c1-19-10-7-11(17)15-13(12(14)16-18)8-5-3-2-4-6-9-13/h18H,2-10H2,1H3,(H2,14,16)(H,15,17).